The van der Waals surface area contributed by atoms with Gasteiger partial charge in [-0.1, -0.05) is 0 Å². The van der Waals surface area contributed by atoms with Gasteiger partial charge in [-0.05, 0) is 45.7 Å². The molecule has 1 N–H and O–H groups in total. The van der Waals surface area contributed by atoms with E-state index < -0.39 is 0 Å². The number of aromatic nitrogens is 4. The lowest BCUT2D eigenvalue weighted by atomic mass is 10.2. The Balaban J connectivity index is 1.68. The van der Waals surface area contributed by atoms with Crippen molar-refractivity contribution in [2.24, 2.45) is 0 Å². The molecular weight excluding hydrogens is 278 g/mol. The third-order valence-electron chi connectivity index (χ3n) is 3.65. The average molecular weight is 303 g/mol. The maximum absolute atomic E-state index is 11.9. The lowest BCUT2D eigenvalue weighted by Crippen LogP contribution is -2.29. The fourth-order valence-corrected chi connectivity index (χ4v) is 2.41. The van der Waals surface area contributed by atoms with E-state index >= 15 is 0 Å². The molecule has 0 spiro atoms. The molecule has 0 aliphatic carbocycles. The summed E-state index contributed by atoms with van der Waals surface area (Å²) in [5, 5.41) is 11.6. The Bertz CT molecular complexity index is 628. The molecule has 0 aliphatic rings. The van der Waals surface area contributed by atoms with E-state index in [0.29, 0.717) is 13.0 Å². The molecule has 1 amide bonds. The van der Waals surface area contributed by atoms with Crippen LogP contribution < -0.4 is 5.32 Å². The molecule has 120 valence electrons. The van der Waals surface area contributed by atoms with Crippen LogP contribution in [0.1, 0.15) is 42.8 Å². The Morgan fingerprint density at radius 3 is 2.73 bits per heavy atom. The minimum absolute atomic E-state index is 0.0808. The van der Waals surface area contributed by atoms with E-state index in [0.717, 1.165) is 29.9 Å². The number of aryl methyl sites for hydroxylation is 4. The standard InChI is InChI=1S/C16H25N5O/c1-12-9-18-21(11-12)15(4)10-17-16(22)6-5-7-20-14(3)8-13(2)19-20/h8-9,11,15H,5-7,10H2,1-4H3,(H,17,22)/t15-/m0/s1. The first-order valence-electron chi connectivity index (χ1n) is 7.74. The van der Waals surface area contributed by atoms with Gasteiger partial charge in [0, 0.05) is 31.4 Å². The second-order valence-electron chi connectivity index (χ2n) is 5.90. The number of hydrogen-bond donors (Lipinski definition) is 1. The van der Waals surface area contributed by atoms with Gasteiger partial charge < -0.3 is 5.32 Å². The molecule has 0 aliphatic heterocycles. The van der Waals surface area contributed by atoms with Gasteiger partial charge >= 0.3 is 0 Å². The van der Waals surface area contributed by atoms with Gasteiger partial charge in [0.15, 0.2) is 0 Å². The van der Waals surface area contributed by atoms with Gasteiger partial charge in [-0.25, -0.2) is 0 Å². The normalized spacial score (nSPS) is 12.4. The van der Waals surface area contributed by atoms with E-state index in [1.165, 1.54) is 0 Å². The largest absolute Gasteiger partial charge is 0.354 e. The van der Waals surface area contributed by atoms with Gasteiger partial charge in [-0.15, -0.1) is 0 Å². The molecule has 0 fully saturated rings. The molecule has 0 unspecified atom stereocenters. The summed E-state index contributed by atoms with van der Waals surface area (Å²) in [6.45, 7) is 9.44. The highest BCUT2D eigenvalue weighted by atomic mass is 16.1. The van der Waals surface area contributed by atoms with Crippen molar-refractivity contribution in [2.75, 3.05) is 6.54 Å². The summed E-state index contributed by atoms with van der Waals surface area (Å²) in [5.41, 5.74) is 3.29. The SMILES string of the molecule is Cc1cnn([C@@H](C)CNC(=O)CCCn2nc(C)cc2C)c1. The van der Waals surface area contributed by atoms with Gasteiger partial charge in [-0.3, -0.25) is 14.2 Å². The summed E-state index contributed by atoms with van der Waals surface area (Å²) in [4.78, 5) is 11.9. The molecule has 6 heteroatoms. The second kappa shape index (κ2) is 7.24. The summed E-state index contributed by atoms with van der Waals surface area (Å²) in [6.07, 6.45) is 5.12. The maximum Gasteiger partial charge on any atom is 0.220 e. The third kappa shape index (κ3) is 4.44. The van der Waals surface area contributed by atoms with E-state index in [2.05, 4.69) is 15.5 Å². The molecule has 0 saturated heterocycles. The average Bonchev–Trinajstić information content (AvgIpc) is 3.02. The van der Waals surface area contributed by atoms with Crippen LogP contribution in [0.25, 0.3) is 0 Å². The molecule has 6 nitrogen and oxygen atoms in total. The van der Waals surface area contributed by atoms with Crippen LogP contribution in [0.2, 0.25) is 0 Å². The van der Waals surface area contributed by atoms with E-state index in [-0.39, 0.29) is 11.9 Å². The van der Waals surface area contributed by atoms with Crippen molar-refractivity contribution in [1.82, 2.24) is 24.9 Å². The van der Waals surface area contributed by atoms with Crippen LogP contribution in [-0.4, -0.2) is 32.0 Å². The zero-order valence-corrected chi connectivity index (χ0v) is 13.8. The molecular formula is C16H25N5O. The fourth-order valence-electron chi connectivity index (χ4n) is 2.41. The molecule has 22 heavy (non-hydrogen) atoms. The van der Waals surface area contributed by atoms with Gasteiger partial charge in [0.05, 0.1) is 17.9 Å². The summed E-state index contributed by atoms with van der Waals surface area (Å²) in [6, 6.07) is 2.21. The molecule has 0 saturated carbocycles. The number of nitrogens with one attached hydrogen (secondary N) is 1. The zero-order chi connectivity index (χ0) is 16.1. The van der Waals surface area contributed by atoms with Crippen molar-refractivity contribution in [3.05, 3.63) is 35.4 Å². The molecule has 1 atom stereocenters. The number of hydrogen-bond acceptors (Lipinski definition) is 3. The van der Waals surface area contributed by atoms with Crippen LogP contribution in [0, 0.1) is 20.8 Å². The Morgan fingerprint density at radius 1 is 1.36 bits per heavy atom. The Labute approximate surface area is 131 Å². The van der Waals surface area contributed by atoms with Gasteiger partial charge in [0.1, 0.15) is 0 Å². The molecule has 2 rings (SSSR count). The van der Waals surface area contributed by atoms with Crippen LogP contribution in [-0.2, 0) is 11.3 Å². The van der Waals surface area contributed by atoms with Crippen molar-refractivity contribution in [3.63, 3.8) is 0 Å². The highest BCUT2D eigenvalue weighted by molar-refractivity contribution is 5.75. The van der Waals surface area contributed by atoms with E-state index in [1.807, 2.05) is 55.5 Å². The lowest BCUT2D eigenvalue weighted by Gasteiger charge is -2.13. The molecule has 0 bridgehead atoms. The topological polar surface area (TPSA) is 64.7 Å². The first-order valence-corrected chi connectivity index (χ1v) is 7.74. The lowest BCUT2D eigenvalue weighted by molar-refractivity contribution is -0.121. The van der Waals surface area contributed by atoms with Crippen molar-refractivity contribution >= 4 is 5.91 Å². The molecule has 2 aromatic heterocycles. The summed E-state index contributed by atoms with van der Waals surface area (Å²) in [7, 11) is 0. The minimum atomic E-state index is 0.0808. The monoisotopic (exact) mass is 303 g/mol. The van der Waals surface area contributed by atoms with Gasteiger partial charge in [-0.2, -0.15) is 10.2 Å². The van der Waals surface area contributed by atoms with Crippen molar-refractivity contribution in [2.45, 2.75) is 53.1 Å². The fraction of sp³-hybridized carbons (Fsp3) is 0.562. The maximum atomic E-state index is 11.9. The predicted octanol–water partition coefficient (Wildman–Crippen LogP) is 2.16. The molecule has 2 heterocycles. The first-order chi connectivity index (χ1) is 10.5. The Morgan fingerprint density at radius 2 is 2.14 bits per heavy atom. The molecule has 0 aromatic carbocycles. The number of amides is 1. The van der Waals surface area contributed by atoms with E-state index in [4.69, 9.17) is 0 Å². The smallest absolute Gasteiger partial charge is 0.220 e. The van der Waals surface area contributed by atoms with Crippen molar-refractivity contribution in [3.8, 4) is 0 Å². The number of rotatable bonds is 7. The number of carbonyl (C=O) groups is 1. The third-order valence-corrected chi connectivity index (χ3v) is 3.65. The molecule has 2 aromatic rings. The van der Waals surface area contributed by atoms with E-state index in [9.17, 15) is 4.79 Å². The summed E-state index contributed by atoms with van der Waals surface area (Å²) in [5.74, 6) is 0.0808. The first kappa shape index (κ1) is 16.3. The minimum Gasteiger partial charge on any atom is -0.354 e. The predicted molar refractivity (Wildman–Crippen MR) is 85.6 cm³/mol. The van der Waals surface area contributed by atoms with Crippen LogP contribution in [0.4, 0.5) is 0 Å². The Kier molecular flexibility index (Phi) is 5.35. The summed E-state index contributed by atoms with van der Waals surface area (Å²) < 4.78 is 3.84. The second-order valence-corrected chi connectivity index (χ2v) is 5.90. The van der Waals surface area contributed by atoms with Crippen molar-refractivity contribution in [1.29, 1.82) is 0 Å². The zero-order valence-electron chi connectivity index (χ0n) is 13.8. The summed E-state index contributed by atoms with van der Waals surface area (Å²) >= 11 is 0. The number of carbonyl (C=O) groups excluding carboxylic acids is 1. The van der Waals surface area contributed by atoms with Crippen LogP contribution >= 0.6 is 0 Å². The number of nitrogens with zero attached hydrogens (tertiary/aromatic N) is 4. The van der Waals surface area contributed by atoms with Gasteiger partial charge in [0.25, 0.3) is 0 Å². The van der Waals surface area contributed by atoms with Crippen LogP contribution in [0.15, 0.2) is 18.5 Å². The highest BCUT2D eigenvalue weighted by Crippen LogP contribution is 2.06. The quantitative estimate of drug-likeness (QED) is 0.852. The van der Waals surface area contributed by atoms with Crippen LogP contribution in [0.3, 0.4) is 0 Å². The van der Waals surface area contributed by atoms with Crippen molar-refractivity contribution < 1.29 is 4.79 Å². The Hall–Kier alpha value is -2.11. The highest BCUT2D eigenvalue weighted by Gasteiger charge is 2.08. The van der Waals surface area contributed by atoms with E-state index in [1.54, 1.807) is 0 Å². The van der Waals surface area contributed by atoms with Gasteiger partial charge in [0.2, 0.25) is 5.91 Å². The molecule has 0 radical (unpaired) electrons. The van der Waals surface area contributed by atoms with Crippen LogP contribution in [0.5, 0.6) is 0 Å².